The second-order valence-electron chi connectivity index (χ2n) is 4.84. The molecule has 5 nitrogen and oxygen atoms in total. The second kappa shape index (κ2) is 6.08. The van der Waals surface area contributed by atoms with Crippen molar-refractivity contribution < 1.29 is 13.2 Å². The van der Waals surface area contributed by atoms with Crippen molar-refractivity contribution in [3.63, 3.8) is 0 Å². The standard InChI is InChI=1S/C16H16N2O3S/c1-4-11-18(16(19)15-6-5-12-17(15)3)22(20,21)14-9-7-13(2)8-10-14/h1,5-10,12H,11H2,2-3H3. The Morgan fingerprint density at radius 1 is 1.27 bits per heavy atom. The number of terminal acetylenes is 1. The number of carbonyl (C=O) groups is 1. The molecule has 0 saturated carbocycles. The van der Waals surface area contributed by atoms with Crippen LogP contribution in [0.1, 0.15) is 16.1 Å². The lowest BCUT2D eigenvalue weighted by molar-refractivity contribution is 0.0864. The maximum atomic E-state index is 12.7. The predicted octanol–water partition coefficient (Wildman–Crippen LogP) is 1.80. The molecule has 1 amide bonds. The first-order valence-corrected chi connectivity index (χ1v) is 8.00. The molecule has 0 fully saturated rings. The molecule has 0 atom stereocenters. The van der Waals surface area contributed by atoms with Crippen LogP contribution in [-0.4, -0.2) is 29.7 Å². The Morgan fingerprint density at radius 2 is 1.91 bits per heavy atom. The summed E-state index contributed by atoms with van der Waals surface area (Å²) in [6.07, 6.45) is 6.91. The smallest absolute Gasteiger partial charge is 0.285 e. The van der Waals surface area contributed by atoms with E-state index in [1.54, 1.807) is 42.1 Å². The first-order valence-electron chi connectivity index (χ1n) is 6.56. The van der Waals surface area contributed by atoms with Gasteiger partial charge in [0.2, 0.25) is 0 Å². The second-order valence-corrected chi connectivity index (χ2v) is 6.70. The molecule has 2 rings (SSSR count). The monoisotopic (exact) mass is 316 g/mol. The summed E-state index contributed by atoms with van der Waals surface area (Å²) in [6, 6.07) is 9.50. The third-order valence-corrected chi connectivity index (χ3v) is 4.98. The molecule has 0 aliphatic heterocycles. The quantitative estimate of drug-likeness (QED) is 0.808. The Balaban J connectivity index is 2.47. The Labute approximate surface area is 130 Å². The van der Waals surface area contributed by atoms with Gasteiger partial charge in [-0.25, -0.2) is 12.7 Å². The zero-order chi connectivity index (χ0) is 16.3. The molecule has 0 aliphatic rings. The number of aromatic nitrogens is 1. The van der Waals surface area contributed by atoms with E-state index in [0.29, 0.717) is 4.31 Å². The minimum Gasteiger partial charge on any atom is -0.347 e. The van der Waals surface area contributed by atoms with Crippen molar-refractivity contribution in [2.75, 3.05) is 6.54 Å². The highest BCUT2D eigenvalue weighted by molar-refractivity contribution is 7.89. The Morgan fingerprint density at radius 3 is 2.41 bits per heavy atom. The summed E-state index contributed by atoms with van der Waals surface area (Å²) < 4.78 is 27.6. The highest BCUT2D eigenvalue weighted by Crippen LogP contribution is 2.19. The van der Waals surface area contributed by atoms with E-state index >= 15 is 0 Å². The molecule has 1 aromatic carbocycles. The van der Waals surface area contributed by atoms with Crippen LogP contribution in [0.4, 0.5) is 0 Å². The van der Waals surface area contributed by atoms with Crippen LogP contribution >= 0.6 is 0 Å². The Kier molecular flexibility index (Phi) is 4.38. The van der Waals surface area contributed by atoms with Crippen LogP contribution in [0.15, 0.2) is 47.5 Å². The SMILES string of the molecule is C#CCN(C(=O)c1cccn1C)S(=O)(=O)c1ccc(C)cc1. The van der Waals surface area contributed by atoms with Gasteiger partial charge in [-0.2, -0.15) is 0 Å². The molecular weight excluding hydrogens is 300 g/mol. The van der Waals surface area contributed by atoms with Crippen molar-refractivity contribution in [3.05, 3.63) is 53.9 Å². The molecule has 2 aromatic rings. The van der Waals surface area contributed by atoms with Crippen LogP contribution in [-0.2, 0) is 17.1 Å². The summed E-state index contributed by atoms with van der Waals surface area (Å²) in [5.74, 6) is 1.59. The van der Waals surface area contributed by atoms with Gasteiger partial charge in [0.25, 0.3) is 15.9 Å². The molecule has 6 heteroatoms. The third-order valence-electron chi connectivity index (χ3n) is 3.23. The summed E-state index contributed by atoms with van der Waals surface area (Å²) in [5.41, 5.74) is 1.18. The summed E-state index contributed by atoms with van der Waals surface area (Å²) in [5, 5.41) is 0. The van der Waals surface area contributed by atoms with Crippen LogP contribution in [0, 0.1) is 19.3 Å². The van der Waals surface area contributed by atoms with E-state index in [1.165, 1.54) is 12.1 Å². The fraction of sp³-hybridized carbons (Fsp3) is 0.188. The zero-order valence-corrected chi connectivity index (χ0v) is 13.2. The van der Waals surface area contributed by atoms with E-state index in [9.17, 15) is 13.2 Å². The number of benzene rings is 1. The third kappa shape index (κ3) is 2.90. The molecule has 0 spiro atoms. The van der Waals surface area contributed by atoms with Crippen molar-refractivity contribution in [2.24, 2.45) is 7.05 Å². The Bertz CT molecular complexity index is 827. The van der Waals surface area contributed by atoms with Crippen molar-refractivity contribution in [2.45, 2.75) is 11.8 Å². The van der Waals surface area contributed by atoms with Gasteiger partial charge >= 0.3 is 0 Å². The number of sulfonamides is 1. The molecule has 1 heterocycles. The van der Waals surface area contributed by atoms with E-state index in [1.807, 2.05) is 6.92 Å². The molecule has 0 aliphatic carbocycles. The van der Waals surface area contributed by atoms with Gasteiger partial charge < -0.3 is 4.57 Å². The van der Waals surface area contributed by atoms with Gasteiger partial charge in [-0.1, -0.05) is 23.6 Å². The van der Waals surface area contributed by atoms with Gasteiger partial charge in [-0.15, -0.1) is 6.42 Å². The van der Waals surface area contributed by atoms with E-state index in [-0.39, 0.29) is 17.1 Å². The number of aryl methyl sites for hydroxylation is 2. The lowest BCUT2D eigenvalue weighted by Gasteiger charge is -2.20. The maximum Gasteiger partial charge on any atom is 0.285 e. The van der Waals surface area contributed by atoms with Gasteiger partial charge in [0.05, 0.1) is 11.4 Å². The lowest BCUT2D eigenvalue weighted by Crippen LogP contribution is -2.38. The van der Waals surface area contributed by atoms with Gasteiger partial charge in [0, 0.05) is 13.2 Å². The largest absolute Gasteiger partial charge is 0.347 e. The van der Waals surface area contributed by atoms with Crippen LogP contribution in [0.3, 0.4) is 0 Å². The summed E-state index contributed by atoms with van der Waals surface area (Å²) >= 11 is 0. The van der Waals surface area contributed by atoms with Gasteiger partial charge in [0.1, 0.15) is 5.69 Å². The highest BCUT2D eigenvalue weighted by atomic mass is 32.2. The highest BCUT2D eigenvalue weighted by Gasteiger charge is 2.30. The zero-order valence-electron chi connectivity index (χ0n) is 12.4. The van der Waals surface area contributed by atoms with Crippen molar-refractivity contribution in [3.8, 4) is 12.3 Å². The van der Waals surface area contributed by atoms with Crippen LogP contribution in [0.2, 0.25) is 0 Å². The minimum atomic E-state index is -3.99. The molecule has 114 valence electrons. The molecule has 0 unspecified atom stereocenters. The number of carbonyl (C=O) groups excluding carboxylic acids is 1. The summed E-state index contributed by atoms with van der Waals surface area (Å²) in [4.78, 5) is 12.6. The maximum absolute atomic E-state index is 12.7. The minimum absolute atomic E-state index is 0.0379. The van der Waals surface area contributed by atoms with Crippen LogP contribution in [0.25, 0.3) is 0 Å². The molecule has 0 bridgehead atoms. The van der Waals surface area contributed by atoms with Crippen molar-refractivity contribution in [1.29, 1.82) is 0 Å². The van der Waals surface area contributed by atoms with E-state index in [2.05, 4.69) is 5.92 Å². The number of nitrogens with zero attached hydrogens (tertiary/aromatic N) is 2. The molecular formula is C16H16N2O3S. The molecule has 0 saturated heterocycles. The average Bonchev–Trinajstić information content (AvgIpc) is 2.90. The van der Waals surface area contributed by atoms with Gasteiger partial charge in [0.15, 0.2) is 0 Å². The lowest BCUT2D eigenvalue weighted by atomic mass is 10.2. The van der Waals surface area contributed by atoms with E-state index in [0.717, 1.165) is 5.56 Å². The first-order chi connectivity index (χ1) is 10.4. The van der Waals surface area contributed by atoms with E-state index < -0.39 is 15.9 Å². The van der Waals surface area contributed by atoms with Crippen LogP contribution < -0.4 is 0 Å². The molecule has 22 heavy (non-hydrogen) atoms. The Hall–Kier alpha value is -2.52. The summed E-state index contributed by atoms with van der Waals surface area (Å²) in [6.45, 7) is 1.53. The van der Waals surface area contributed by atoms with Crippen LogP contribution in [0.5, 0.6) is 0 Å². The number of hydrogen-bond acceptors (Lipinski definition) is 3. The molecule has 1 aromatic heterocycles. The topological polar surface area (TPSA) is 59.4 Å². The molecule has 0 N–H and O–H groups in total. The first kappa shape index (κ1) is 15.9. The average molecular weight is 316 g/mol. The van der Waals surface area contributed by atoms with Gasteiger partial charge in [-0.3, -0.25) is 4.79 Å². The fourth-order valence-electron chi connectivity index (χ4n) is 2.00. The molecule has 0 radical (unpaired) electrons. The van der Waals surface area contributed by atoms with E-state index in [4.69, 9.17) is 6.42 Å². The number of rotatable bonds is 4. The predicted molar refractivity (Wildman–Crippen MR) is 83.6 cm³/mol. The fourth-order valence-corrected chi connectivity index (χ4v) is 3.29. The van der Waals surface area contributed by atoms with Gasteiger partial charge in [-0.05, 0) is 31.2 Å². The number of amides is 1. The van der Waals surface area contributed by atoms with Crippen molar-refractivity contribution >= 4 is 15.9 Å². The summed E-state index contributed by atoms with van der Waals surface area (Å²) in [7, 11) is -2.33. The normalized spacial score (nSPS) is 11.0. The number of hydrogen-bond donors (Lipinski definition) is 0. The van der Waals surface area contributed by atoms with Crippen molar-refractivity contribution in [1.82, 2.24) is 8.87 Å².